The van der Waals surface area contributed by atoms with Crippen LogP contribution in [0.3, 0.4) is 0 Å². The number of hydrogen-bond acceptors (Lipinski definition) is 4. The van der Waals surface area contributed by atoms with Crippen LogP contribution in [-0.2, 0) is 20.7 Å². The molecule has 3 amide bonds. The number of nitrogens with zero attached hydrogens (tertiary/aromatic N) is 1. The lowest BCUT2D eigenvalue weighted by molar-refractivity contribution is -0.136. The molecule has 0 spiro atoms. The number of esters is 1. The quantitative estimate of drug-likeness (QED) is 0.519. The van der Waals surface area contributed by atoms with Crippen LogP contribution in [0.1, 0.15) is 34.7 Å². The zero-order valence-electron chi connectivity index (χ0n) is 18.3. The van der Waals surface area contributed by atoms with E-state index in [0.29, 0.717) is 17.8 Å². The van der Waals surface area contributed by atoms with E-state index >= 15 is 0 Å². The molecule has 0 radical (unpaired) electrons. The number of nitrogens with one attached hydrogen (secondary N) is 2. The van der Waals surface area contributed by atoms with Gasteiger partial charge in [-0.25, -0.2) is 9.59 Å². The van der Waals surface area contributed by atoms with E-state index in [2.05, 4.69) is 22.8 Å². The Kier molecular flexibility index (Phi) is 6.25. The Morgan fingerprint density at radius 3 is 2.72 bits per heavy atom. The maximum atomic E-state index is 12.9. The zero-order chi connectivity index (χ0) is 22.7. The SMILES string of the molecule is Cc1ccc(C)c(C2NC(=O)N(CC(=O)NCCCc3ccccc3)C3=C2C(=O)OC3)c1. The summed E-state index contributed by atoms with van der Waals surface area (Å²) in [6.07, 6.45) is 1.66. The molecule has 2 N–H and O–H groups in total. The van der Waals surface area contributed by atoms with E-state index in [1.54, 1.807) is 0 Å². The molecule has 2 aliphatic heterocycles. The summed E-state index contributed by atoms with van der Waals surface area (Å²) in [5, 5.41) is 5.76. The molecule has 0 fully saturated rings. The van der Waals surface area contributed by atoms with Gasteiger partial charge < -0.3 is 15.4 Å². The maximum absolute atomic E-state index is 12.9. The second-order valence-corrected chi connectivity index (χ2v) is 8.20. The number of aryl methyl sites for hydroxylation is 3. The Morgan fingerprint density at radius 2 is 1.94 bits per heavy atom. The summed E-state index contributed by atoms with van der Waals surface area (Å²) in [5.41, 5.74) is 4.93. The van der Waals surface area contributed by atoms with Gasteiger partial charge in [-0.15, -0.1) is 0 Å². The lowest BCUT2D eigenvalue weighted by Crippen LogP contribution is -2.50. The molecule has 0 bridgehead atoms. The molecule has 1 unspecified atom stereocenters. The number of cyclic esters (lactones) is 1. The Balaban J connectivity index is 1.44. The van der Waals surface area contributed by atoms with Gasteiger partial charge in [0.05, 0.1) is 17.3 Å². The topological polar surface area (TPSA) is 87.7 Å². The average molecular weight is 434 g/mol. The number of amides is 3. The fourth-order valence-corrected chi connectivity index (χ4v) is 4.15. The normalized spacial score (nSPS) is 17.7. The Bertz CT molecular complexity index is 1080. The van der Waals surface area contributed by atoms with Gasteiger partial charge >= 0.3 is 12.0 Å². The van der Waals surface area contributed by atoms with E-state index in [1.807, 2.05) is 50.2 Å². The van der Waals surface area contributed by atoms with Crippen LogP contribution in [0.5, 0.6) is 0 Å². The first kappa shape index (κ1) is 21.6. The number of carbonyl (C=O) groups excluding carboxylic acids is 3. The van der Waals surface area contributed by atoms with Crippen molar-refractivity contribution in [3.63, 3.8) is 0 Å². The summed E-state index contributed by atoms with van der Waals surface area (Å²) in [5.74, 6) is -0.733. The Morgan fingerprint density at radius 1 is 1.16 bits per heavy atom. The van der Waals surface area contributed by atoms with Gasteiger partial charge in [0.1, 0.15) is 13.2 Å². The Hall–Kier alpha value is -3.61. The summed E-state index contributed by atoms with van der Waals surface area (Å²) in [6, 6.07) is 15.0. The number of carbonyl (C=O) groups is 3. The molecule has 2 aliphatic rings. The zero-order valence-corrected chi connectivity index (χ0v) is 18.3. The molecular formula is C25H27N3O4. The van der Waals surface area contributed by atoms with E-state index in [9.17, 15) is 14.4 Å². The van der Waals surface area contributed by atoms with Crippen molar-refractivity contribution in [3.8, 4) is 0 Å². The standard InChI is InChI=1S/C25H27N3O4/c1-16-10-11-17(2)19(13-16)23-22-20(15-32-24(22)30)28(25(31)27-23)14-21(29)26-12-6-9-18-7-4-3-5-8-18/h3-5,7-8,10-11,13,23H,6,9,12,14-15H2,1-2H3,(H,26,29)(H,27,31). The van der Waals surface area contributed by atoms with E-state index in [4.69, 9.17) is 4.74 Å². The predicted molar refractivity (Wildman–Crippen MR) is 120 cm³/mol. The lowest BCUT2D eigenvalue weighted by Gasteiger charge is -2.33. The molecule has 4 rings (SSSR count). The number of urea groups is 1. The highest BCUT2D eigenvalue weighted by Gasteiger charge is 2.43. The molecule has 1 atom stereocenters. The maximum Gasteiger partial charge on any atom is 0.338 e. The molecule has 2 heterocycles. The van der Waals surface area contributed by atoms with Gasteiger partial charge in [0, 0.05) is 6.54 Å². The highest BCUT2D eigenvalue weighted by atomic mass is 16.5. The number of benzene rings is 2. The number of rotatable bonds is 7. The third kappa shape index (κ3) is 4.51. The van der Waals surface area contributed by atoms with Crippen LogP contribution in [0.2, 0.25) is 0 Å². The number of ether oxygens (including phenoxy) is 1. The van der Waals surface area contributed by atoms with Gasteiger partial charge in [-0.1, -0.05) is 54.1 Å². The van der Waals surface area contributed by atoms with Crippen molar-refractivity contribution in [1.82, 2.24) is 15.5 Å². The molecule has 2 aromatic rings. The Labute approximate surface area is 187 Å². The van der Waals surface area contributed by atoms with E-state index in [1.165, 1.54) is 10.5 Å². The molecule has 0 saturated heterocycles. The van der Waals surface area contributed by atoms with Crippen molar-refractivity contribution in [2.45, 2.75) is 32.7 Å². The monoisotopic (exact) mass is 433 g/mol. The van der Waals surface area contributed by atoms with Crippen molar-refractivity contribution in [3.05, 3.63) is 82.1 Å². The summed E-state index contributed by atoms with van der Waals surface area (Å²) in [6.45, 7) is 4.24. The van der Waals surface area contributed by atoms with Crippen molar-refractivity contribution < 1.29 is 19.1 Å². The van der Waals surface area contributed by atoms with Crippen LogP contribution in [-0.4, -0.2) is 42.5 Å². The smallest absolute Gasteiger partial charge is 0.338 e. The largest absolute Gasteiger partial charge is 0.456 e. The highest BCUT2D eigenvalue weighted by molar-refractivity contribution is 5.98. The second-order valence-electron chi connectivity index (χ2n) is 8.20. The van der Waals surface area contributed by atoms with Gasteiger partial charge in [-0.3, -0.25) is 9.69 Å². The van der Waals surface area contributed by atoms with Crippen LogP contribution in [0.25, 0.3) is 0 Å². The summed E-state index contributed by atoms with van der Waals surface area (Å²) < 4.78 is 5.25. The van der Waals surface area contributed by atoms with Crippen molar-refractivity contribution in [2.24, 2.45) is 0 Å². The van der Waals surface area contributed by atoms with E-state index in [-0.39, 0.29) is 19.1 Å². The molecular weight excluding hydrogens is 406 g/mol. The van der Waals surface area contributed by atoms with Gasteiger partial charge in [-0.2, -0.15) is 0 Å². The molecule has 166 valence electrons. The summed E-state index contributed by atoms with van der Waals surface area (Å²) >= 11 is 0. The van der Waals surface area contributed by atoms with Gasteiger partial charge in [0.25, 0.3) is 0 Å². The minimum Gasteiger partial charge on any atom is -0.456 e. The molecule has 2 aromatic carbocycles. The third-order valence-electron chi connectivity index (χ3n) is 5.85. The van der Waals surface area contributed by atoms with Crippen LogP contribution < -0.4 is 10.6 Å². The average Bonchev–Trinajstić information content (AvgIpc) is 3.17. The molecule has 0 saturated carbocycles. The van der Waals surface area contributed by atoms with Gasteiger partial charge in [-0.05, 0) is 43.4 Å². The fraction of sp³-hybridized carbons (Fsp3) is 0.320. The molecule has 7 heteroatoms. The fourth-order valence-electron chi connectivity index (χ4n) is 4.15. The van der Waals surface area contributed by atoms with Gasteiger partial charge in [0.15, 0.2) is 0 Å². The van der Waals surface area contributed by atoms with Crippen molar-refractivity contribution in [2.75, 3.05) is 19.7 Å². The minimum atomic E-state index is -0.586. The van der Waals surface area contributed by atoms with E-state index < -0.39 is 18.0 Å². The van der Waals surface area contributed by atoms with Crippen LogP contribution in [0, 0.1) is 13.8 Å². The molecule has 32 heavy (non-hydrogen) atoms. The molecule has 7 nitrogen and oxygen atoms in total. The lowest BCUT2D eigenvalue weighted by atomic mass is 9.91. The first-order valence-corrected chi connectivity index (χ1v) is 10.8. The van der Waals surface area contributed by atoms with Crippen molar-refractivity contribution in [1.29, 1.82) is 0 Å². The predicted octanol–water partition coefficient (Wildman–Crippen LogP) is 2.93. The summed E-state index contributed by atoms with van der Waals surface area (Å²) in [7, 11) is 0. The number of hydrogen-bond donors (Lipinski definition) is 2. The second kappa shape index (κ2) is 9.26. The minimum absolute atomic E-state index is 0.00969. The molecule has 0 aromatic heterocycles. The van der Waals surface area contributed by atoms with Crippen LogP contribution in [0.4, 0.5) is 4.79 Å². The van der Waals surface area contributed by atoms with Crippen LogP contribution >= 0.6 is 0 Å². The van der Waals surface area contributed by atoms with Gasteiger partial charge in [0.2, 0.25) is 5.91 Å². The first-order valence-electron chi connectivity index (χ1n) is 10.8. The van der Waals surface area contributed by atoms with Crippen LogP contribution in [0.15, 0.2) is 59.8 Å². The summed E-state index contributed by atoms with van der Waals surface area (Å²) in [4.78, 5) is 39.2. The molecule has 0 aliphatic carbocycles. The van der Waals surface area contributed by atoms with Crippen molar-refractivity contribution >= 4 is 17.9 Å². The highest BCUT2D eigenvalue weighted by Crippen LogP contribution is 2.36. The first-order chi connectivity index (χ1) is 15.4. The third-order valence-corrected chi connectivity index (χ3v) is 5.85. The van der Waals surface area contributed by atoms with E-state index in [0.717, 1.165) is 29.5 Å².